The van der Waals surface area contributed by atoms with Crippen LogP contribution in [-0.2, 0) is 6.54 Å². The Labute approximate surface area is 147 Å². The van der Waals surface area contributed by atoms with Crippen LogP contribution in [-0.4, -0.2) is 15.3 Å². The number of benzene rings is 2. The van der Waals surface area contributed by atoms with E-state index in [-0.39, 0.29) is 17.0 Å². The van der Waals surface area contributed by atoms with Gasteiger partial charge in [0.2, 0.25) is 5.78 Å². The van der Waals surface area contributed by atoms with Crippen LogP contribution in [0.4, 0.5) is 0 Å². The monoisotopic (exact) mass is 334 g/mol. The number of carbonyl (C=O) groups excluding carboxylic acids is 1. The molecule has 3 rings (SSSR count). The molecule has 0 aliphatic rings. The van der Waals surface area contributed by atoms with Crippen LogP contribution in [0, 0.1) is 0 Å². The lowest BCUT2D eigenvalue weighted by molar-refractivity contribution is 0.103. The quantitative estimate of drug-likeness (QED) is 0.480. The second kappa shape index (κ2) is 7.88. The van der Waals surface area contributed by atoms with Crippen molar-refractivity contribution in [3.05, 3.63) is 76.2 Å². The van der Waals surface area contributed by atoms with E-state index >= 15 is 0 Å². The number of ketones is 1. The molecule has 0 fully saturated rings. The summed E-state index contributed by atoms with van der Waals surface area (Å²) in [6.07, 6.45) is 4.28. The Morgan fingerprint density at radius 1 is 0.960 bits per heavy atom. The molecule has 0 aliphatic carbocycles. The molecule has 0 radical (unpaired) electrons. The number of nitrogens with zero attached hydrogens (tertiary/aromatic N) is 2. The standard InChI is InChI=1S/C21H22N2O2/c1-2-3-4-10-15-23-18-14-9-8-13-17(18)22-19(21(23)25)20(24)16-11-6-5-7-12-16/h5-9,11-14H,2-4,10,15H2,1H3. The molecule has 2 aromatic carbocycles. The van der Waals surface area contributed by atoms with Gasteiger partial charge in [-0.15, -0.1) is 0 Å². The molecule has 0 aliphatic heterocycles. The first-order valence-corrected chi connectivity index (χ1v) is 8.81. The maximum Gasteiger partial charge on any atom is 0.281 e. The van der Waals surface area contributed by atoms with Crippen LogP contribution >= 0.6 is 0 Å². The normalized spacial score (nSPS) is 10.9. The number of para-hydroxylation sites is 2. The maximum absolute atomic E-state index is 12.9. The highest BCUT2D eigenvalue weighted by molar-refractivity contribution is 6.08. The lowest BCUT2D eigenvalue weighted by Crippen LogP contribution is -2.29. The highest BCUT2D eigenvalue weighted by atomic mass is 16.1. The number of hydrogen-bond donors (Lipinski definition) is 0. The minimum Gasteiger partial charge on any atom is -0.305 e. The summed E-state index contributed by atoms with van der Waals surface area (Å²) in [4.78, 5) is 30.1. The molecular weight excluding hydrogens is 312 g/mol. The molecule has 25 heavy (non-hydrogen) atoms. The van der Waals surface area contributed by atoms with Gasteiger partial charge in [-0.3, -0.25) is 9.59 Å². The zero-order valence-corrected chi connectivity index (χ0v) is 14.4. The van der Waals surface area contributed by atoms with Gasteiger partial charge in [-0.05, 0) is 18.6 Å². The molecule has 1 heterocycles. The number of unbranched alkanes of at least 4 members (excludes halogenated alkanes) is 3. The molecule has 0 atom stereocenters. The van der Waals surface area contributed by atoms with Crippen LogP contribution in [0.15, 0.2) is 59.4 Å². The molecule has 0 spiro atoms. The van der Waals surface area contributed by atoms with Gasteiger partial charge in [0.25, 0.3) is 5.56 Å². The van der Waals surface area contributed by atoms with E-state index in [4.69, 9.17) is 0 Å². The van der Waals surface area contributed by atoms with Crippen LogP contribution < -0.4 is 5.56 Å². The van der Waals surface area contributed by atoms with Crippen molar-refractivity contribution in [1.29, 1.82) is 0 Å². The average molecular weight is 334 g/mol. The van der Waals surface area contributed by atoms with Gasteiger partial charge >= 0.3 is 0 Å². The fourth-order valence-electron chi connectivity index (χ4n) is 2.99. The number of rotatable bonds is 7. The zero-order valence-electron chi connectivity index (χ0n) is 14.4. The second-order valence-corrected chi connectivity index (χ2v) is 6.16. The third kappa shape index (κ3) is 3.68. The van der Waals surface area contributed by atoms with Crippen LogP contribution in [0.5, 0.6) is 0 Å². The van der Waals surface area contributed by atoms with E-state index in [1.165, 1.54) is 0 Å². The highest BCUT2D eigenvalue weighted by Gasteiger charge is 2.18. The van der Waals surface area contributed by atoms with Crippen molar-refractivity contribution in [2.75, 3.05) is 0 Å². The number of hydrogen-bond acceptors (Lipinski definition) is 3. The predicted octanol–water partition coefficient (Wildman–Crippen LogP) is 4.21. The summed E-state index contributed by atoms with van der Waals surface area (Å²) in [6, 6.07) is 16.3. The minimum absolute atomic E-state index is 0.000363. The smallest absolute Gasteiger partial charge is 0.281 e. The summed E-state index contributed by atoms with van der Waals surface area (Å²) in [5.41, 5.74) is 1.65. The van der Waals surface area contributed by atoms with E-state index in [0.29, 0.717) is 17.6 Å². The summed E-state index contributed by atoms with van der Waals surface area (Å²) in [7, 11) is 0. The number of fused-ring (bicyclic) bond motifs is 1. The van der Waals surface area contributed by atoms with Gasteiger partial charge in [-0.1, -0.05) is 68.7 Å². The topological polar surface area (TPSA) is 52.0 Å². The molecule has 0 saturated heterocycles. The lowest BCUT2D eigenvalue weighted by atomic mass is 10.1. The third-order valence-corrected chi connectivity index (χ3v) is 4.34. The molecule has 128 valence electrons. The van der Waals surface area contributed by atoms with Crippen LogP contribution in [0.25, 0.3) is 11.0 Å². The molecule has 4 heteroatoms. The Kier molecular flexibility index (Phi) is 5.39. The van der Waals surface area contributed by atoms with Crippen molar-refractivity contribution in [1.82, 2.24) is 9.55 Å². The maximum atomic E-state index is 12.9. The number of aromatic nitrogens is 2. The molecular formula is C21H22N2O2. The van der Waals surface area contributed by atoms with Crippen LogP contribution in [0.2, 0.25) is 0 Å². The first-order valence-electron chi connectivity index (χ1n) is 8.81. The Morgan fingerprint density at radius 3 is 2.44 bits per heavy atom. The van der Waals surface area contributed by atoms with Gasteiger partial charge in [0.1, 0.15) is 0 Å². The fourth-order valence-corrected chi connectivity index (χ4v) is 2.99. The van der Waals surface area contributed by atoms with Crippen LogP contribution in [0.3, 0.4) is 0 Å². The summed E-state index contributed by atoms with van der Waals surface area (Å²) in [6.45, 7) is 2.77. The van der Waals surface area contributed by atoms with Crippen molar-refractivity contribution < 1.29 is 4.79 Å². The van der Waals surface area contributed by atoms with E-state index in [1.54, 1.807) is 28.8 Å². The largest absolute Gasteiger partial charge is 0.305 e. The zero-order chi connectivity index (χ0) is 17.6. The Bertz CT molecular complexity index is 930. The van der Waals surface area contributed by atoms with Gasteiger partial charge in [-0.25, -0.2) is 4.98 Å². The summed E-state index contributed by atoms with van der Waals surface area (Å²) in [5.74, 6) is -0.321. The van der Waals surface area contributed by atoms with Crippen molar-refractivity contribution in [3.63, 3.8) is 0 Å². The summed E-state index contributed by atoms with van der Waals surface area (Å²) < 4.78 is 1.70. The third-order valence-electron chi connectivity index (χ3n) is 4.34. The molecule has 0 N–H and O–H groups in total. The molecule has 0 bridgehead atoms. The van der Waals surface area contributed by atoms with E-state index < -0.39 is 0 Å². The molecule has 1 aromatic heterocycles. The number of carbonyl (C=O) groups is 1. The second-order valence-electron chi connectivity index (χ2n) is 6.16. The predicted molar refractivity (Wildman–Crippen MR) is 100 cm³/mol. The summed E-state index contributed by atoms with van der Waals surface area (Å²) in [5, 5.41) is 0. The van der Waals surface area contributed by atoms with Gasteiger partial charge in [0, 0.05) is 12.1 Å². The molecule has 0 unspecified atom stereocenters. The van der Waals surface area contributed by atoms with Gasteiger partial charge in [-0.2, -0.15) is 0 Å². The molecule has 0 amide bonds. The number of aryl methyl sites for hydroxylation is 1. The molecule has 3 aromatic rings. The van der Waals surface area contributed by atoms with Crippen LogP contribution in [0.1, 0.15) is 48.7 Å². The summed E-state index contributed by atoms with van der Waals surface area (Å²) >= 11 is 0. The Hall–Kier alpha value is -2.75. The fraction of sp³-hybridized carbons (Fsp3) is 0.286. The minimum atomic E-state index is -0.321. The Morgan fingerprint density at radius 2 is 1.68 bits per heavy atom. The van der Waals surface area contributed by atoms with E-state index in [9.17, 15) is 9.59 Å². The molecule has 0 saturated carbocycles. The first kappa shape index (κ1) is 17.1. The van der Waals surface area contributed by atoms with Crippen molar-refractivity contribution in [3.8, 4) is 0 Å². The lowest BCUT2D eigenvalue weighted by Gasteiger charge is -2.12. The van der Waals surface area contributed by atoms with Gasteiger partial charge < -0.3 is 4.57 Å². The van der Waals surface area contributed by atoms with E-state index in [0.717, 1.165) is 31.2 Å². The van der Waals surface area contributed by atoms with E-state index in [1.807, 2.05) is 30.3 Å². The van der Waals surface area contributed by atoms with E-state index in [2.05, 4.69) is 11.9 Å². The van der Waals surface area contributed by atoms with Gasteiger partial charge in [0.05, 0.1) is 11.0 Å². The van der Waals surface area contributed by atoms with Crippen molar-refractivity contribution in [2.45, 2.75) is 39.2 Å². The molecule has 4 nitrogen and oxygen atoms in total. The highest BCUT2D eigenvalue weighted by Crippen LogP contribution is 2.13. The first-order chi connectivity index (χ1) is 12.2. The SMILES string of the molecule is CCCCCCn1c(=O)c(C(=O)c2ccccc2)nc2ccccc21. The van der Waals surface area contributed by atoms with Crippen molar-refractivity contribution >= 4 is 16.8 Å². The van der Waals surface area contributed by atoms with Crippen molar-refractivity contribution in [2.24, 2.45) is 0 Å². The Balaban J connectivity index is 2.06. The average Bonchev–Trinajstić information content (AvgIpc) is 2.66. The van der Waals surface area contributed by atoms with Gasteiger partial charge in [0.15, 0.2) is 5.69 Å².